The minimum atomic E-state index is 0. The SMILES string of the molecule is CN(C)CCNCCCOc1ccccc1C#N.Cl. The van der Waals surface area contributed by atoms with Crippen LogP contribution in [0.15, 0.2) is 24.3 Å². The first-order valence-electron chi connectivity index (χ1n) is 6.21. The topological polar surface area (TPSA) is 48.3 Å². The van der Waals surface area contributed by atoms with Crippen LogP contribution in [0.4, 0.5) is 0 Å². The summed E-state index contributed by atoms with van der Waals surface area (Å²) in [5, 5.41) is 12.2. The third kappa shape index (κ3) is 7.68. The maximum Gasteiger partial charge on any atom is 0.137 e. The summed E-state index contributed by atoms with van der Waals surface area (Å²) < 4.78 is 5.58. The Morgan fingerprint density at radius 3 is 2.68 bits per heavy atom. The monoisotopic (exact) mass is 283 g/mol. The fourth-order valence-electron chi connectivity index (χ4n) is 1.49. The molecule has 0 fully saturated rings. The smallest absolute Gasteiger partial charge is 0.137 e. The van der Waals surface area contributed by atoms with Crippen LogP contribution in [0, 0.1) is 11.3 Å². The van der Waals surface area contributed by atoms with Crippen molar-refractivity contribution < 1.29 is 4.74 Å². The van der Waals surface area contributed by atoms with Crippen LogP contribution in [0.2, 0.25) is 0 Å². The first kappa shape index (κ1) is 17.7. The molecule has 19 heavy (non-hydrogen) atoms. The summed E-state index contributed by atoms with van der Waals surface area (Å²) in [6.45, 7) is 3.59. The number of benzene rings is 1. The normalized spacial score (nSPS) is 9.79. The van der Waals surface area contributed by atoms with Crippen molar-refractivity contribution in [3.63, 3.8) is 0 Å². The molecule has 1 N–H and O–H groups in total. The van der Waals surface area contributed by atoms with E-state index in [0.29, 0.717) is 17.9 Å². The van der Waals surface area contributed by atoms with Crippen molar-refractivity contribution >= 4 is 12.4 Å². The van der Waals surface area contributed by atoms with Gasteiger partial charge in [0.25, 0.3) is 0 Å². The lowest BCUT2D eigenvalue weighted by Gasteiger charge is -2.11. The van der Waals surface area contributed by atoms with Gasteiger partial charge < -0.3 is 15.0 Å². The molecule has 0 atom stereocenters. The molecule has 106 valence electrons. The largest absolute Gasteiger partial charge is 0.492 e. The number of hydrogen-bond acceptors (Lipinski definition) is 4. The Morgan fingerprint density at radius 2 is 2.00 bits per heavy atom. The van der Waals surface area contributed by atoms with Gasteiger partial charge in [-0.15, -0.1) is 12.4 Å². The number of rotatable bonds is 8. The van der Waals surface area contributed by atoms with Crippen molar-refractivity contribution in [2.24, 2.45) is 0 Å². The number of nitriles is 1. The predicted octanol–water partition coefficient (Wildman–Crippen LogP) is 1.90. The Balaban J connectivity index is 0.00000324. The van der Waals surface area contributed by atoms with Gasteiger partial charge >= 0.3 is 0 Å². The van der Waals surface area contributed by atoms with Crippen LogP contribution in [0.1, 0.15) is 12.0 Å². The van der Waals surface area contributed by atoms with E-state index in [2.05, 4.69) is 30.4 Å². The van der Waals surface area contributed by atoms with Crippen molar-refractivity contribution in [3.8, 4) is 11.8 Å². The molecule has 0 aliphatic rings. The quantitative estimate of drug-likeness (QED) is 0.741. The molecule has 1 aromatic carbocycles. The van der Waals surface area contributed by atoms with Gasteiger partial charge in [0.2, 0.25) is 0 Å². The number of hydrogen-bond donors (Lipinski definition) is 1. The zero-order chi connectivity index (χ0) is 13.2. The van der Waals surface area contributed by atoms with Crippen LogP contribution in [-0.2, 0) is 0 Å². The minimum Gasteiger partial charge on any atom is -0.492 e. The highest BCUT2D eigenvalue weighted by Gasteiger charge is 2.00. The molecule has 0 saturated carbocycles. The minimum absolute atomic E-state index is 0. The number of ether oxygens (including phenoxy) is 1. The van der Waals surface area contributed by atoms with Crippen LogP contribution < -0.4 is 10.1 Å². The van der Waals surface area contributed by atoms with E-state index in [1.54, 1.807) is 6.07 Å². The molecular formula is C14H22ClN3O. The maximum absolute atomic E-state index is 8.90. The van der Waals surface area contributed by atoms with E-state index in [0.717, 1.165) is 26.1 Å². The second-order valence-electron chi connectivity index (χ2n) is 4.36. The Labute approximate surface area is 121 Å². The fraction of sp³-hybridized carbons (Fsp3) is 0.500. The van der Waals surface area contributed by atoms with Crippen LogP contribution >= 0.6 is 12.4 Å². The van der Waals surface area contributed by atoms with Gasteiger partial charge in [-0.25, -0.2) is 0 Å². The standard InChI is InChI=1S/C14H21N3O.ClH/c1-17(2)10-9-16-8-5-11-18-14-7-4-3-6-13(14)12-15;/h3-4,6-7,16H,5,8-11H2,1-2H3;1H. The summed E-state index contributed by atoms with van der Waals surface area (Å²) >= 11 is 0. The average Bonchev–Trinajstić information content (AvgIpc) is 2.37. The first-order chi connectivity index (χ1) is 8.74. The summed E-state index contributed by atoms with van der Waals surface area (Å²) in [5.41, 5.74) is 0.595. The number of likely N-dealkylation sites (N-methyl/N-ethyl adjacent to an activating group) is 1. The molecule has 0 spiro atoms. The molecule has 0 aliphatic carbocycles. The number of nitrogens with one attached hydrogen (secondary N) is 1. The van der Waals surface area contributed by atoms with Crippen LogP contribution in [0.25, 0.3) is 0 Å². The van der Waals surface area contributed by atoms with Crippen LogP contribution in [0.3, 0.4) is 0 Å². The van der Waals surface area contributed by atoms with Crippen molar-refractivity contribution in [3.05, 3.63) is 29.8 Å². The van der Waals surface area contributed by atoms with Gasteiger partial charge in [-0.3, -0.25) is 0 Å². The summed E-state index contributed by atoms with van der Waals surface area (Å²) in [7, 11) is 4.12. The van der Waals surface area contributed by atoms with Gasteiger partial charge in [-0.05, 0) is 39.2 Å². The first-order valence-corrected chi connectivity index (χ1v) is 6.21. The summed E-state index contributed by atoms with van der Waals surface area (Å²) in [5.74, 6) is 0.674. The van der Waals surface area contributed by atoms with Crippen molar-refractivity contribution in [1.82, 2.24) is 10.2 Å². The number of nitrogens with zero attached hydrogens (tertiary/aromatic N) is 2. The summed E-state index contributed by atoms with van der Waals surface area (Å²) in [6, 6.07) is 9.44. The zero-order valence-corrected chi connectivity index (χ0v) is 12.4. The van der Waals surface area contributed by atoms with E-state index < -0.39 is 0 Å². The van der Waals surface area contributed by atoms with E-state index in [4.69, 9.17) is 10.00 Å². The van der Waals surface area contributed by atoms with Crippen LogP contribution in [-0.4, -0.2) is 45.2 Å². The zero-order valence-electron chi connectivity index (χ0n) is 11.6. The molecule has 5 heteroatoms. The predicted molar refractivity (Wildman–Crippen MR) is 79.9 cm³/mol. The van der Waals surface area contributed by atoms with Gasteiger partial charge in [-0.2, -0.15) is 5.26 Å². The molecule has 1 aromatic rings. The molecule has 0 aromatic heterocycles. The van der Waals surface area contributed by atoms with E-state index in [1.165, 1.54) is 0 Å². The molecule has 0 amide bonds. The lowest BCUT2D eigenvalue weighted by Crippen LogP contribution is -2.27. The molecule has 0 aliphatic heterocycles. The second-order valence-corrected chi connectivity index (χ2v) is 4.36. The molecule has 0 heterocycles. The average molecular weight is 284 g/mol. The second kappa shape index (κ2) is 10.6. The van der Waals surface area contributed by atoms with Gasteiger partial charge in [0, 0.05) is 13.1 Å². The van der Waals surface area contributed by atoms with E-state index in [9.17, 15) is 0 Å². The molecule has 1 rings (SSSR count). The lowest BCUT2D eigenvalue weighted by atomic mass is 10.2. The summed E-state index contributed by atoms with van der Waals surface area (Å²) in [6.07, 6.45) is 0.938. The lowest BCUT2D eigenvalue weighted by molar-refractivity contribution is 0.305. The highest BCUT2D eigenvalue weighted by Crippen LogP contribution is 2.16. The number of halogens is 1. The fourth-order valence-corrected chi connectivity index (χ4v) is 1.49. The molecule has 0 radical (unpaired) electrons. The van der Waals surface area contributed by atoms with Gasteiger partial charge in [-0.1, -0.05) is 12.1 Å². The third-order valence-corrected chi connectivity index (χ3v) is 2.50. The van der Waals surface area contributed by atoms with E-state index >= 15 is 0 Å². The Bertz CT molecular complexity index is 391. The van der Waals surface area contributed by atoms with E-state index in [1.807, 2.05) is 18.2 Å². The van der Waals surface area contributed by atoms with E-state index in [-0.39, 0.29) is 12.4 Å². The highest BCUT2D eigenvalue weighted by atomic mass is 35.5. The van der Waals surface area contributed by atoms with Gasteiger partial charge in [0.05, 0.1) is 12.2 Å². The Hall–Kier alpha value is -1.28. The van der Waals surface area contributed by atoms with Gasteiger partial charge in [0.15, 0.2) is 0 Å². The third-order valence-electron chi connectivity index (χ3n) is 2.50. The van der Waals surface area contributed by atoms with Gasteiger partial charge in [0.1, 0.15) is 11.8 Å². The molecule has 0 saturated heterocycles. The number of para-hydroxylation sites is 1. The molecule has 0 unspecified atom stereocenters. The van der Waals surface area contributed by atoms with Crippen molar-refractivity contribution in [2.75, 3.05) is 40.3 Å². The molecule has 0 bridgehead atoms. The van der Waals surface area contributed by atoms with Crippen molar-refractivity contribution in [1.29, 1.82) is 5.26 Å². The molecular weight excluding hydrogens is 262 g/mol. The Morgan fingerprint density at radius 1 is 1.26 bits per heavy atom. The van der Waals surface area contributed by atoms with Crippen molar-refractivity contribution in [2.45, 2.75) is 6.42 Å². The Kier molecular flexibility index (Phi) is 9.91. The summed E-state index contributed by atoms with van der Waals surface area (Å²) in [4.78, 5) is 2.15. The van der Waals surface area contributed by atoms with Crippen LogP contribution in [0.5, 0.6) is 5.75 Å². The highest BCUT2D eigenvalue weighted by molar-refractivity contribution is 5.85. The maximum atomic E-state index is 8.90. The molecule has 4 nitrogen and oxygen atoms in total.